The zero-order valence-electron chi connectivity index (χ0n) is 18.8. The van der Waals surface area contributed by atoms with E-state index in [-0.39, 0.29) is 24.2 Å². The van der Waals surface area contributed by atoms with Crippen LogP contribution in [0.5, 0.6) is 0 Å². The molecule has 166 valence electrons. The summed E-state index contributed by atoms with van der Waals surface area (Å²) in [5.41, 5.74) is 3.43. The second kappa shape index (κ2) is 10.1. The van der Waals surface area contributed by atoms with Gasteiger partial charge in [0.05, 0.1) is 23.1 Å². The SMILES string of the molecule is CCOC(=O)c1c(/C=C/C(=O)N(C)C(C)c2cccc([N+](=O)[O-])c2)c(C)n(CC)c1C. The molecule has 0 bridgehead atoms. The van der Waals surface area contributed by atoms with Crippen LogP contribution < -0.4 is 0 Å². The van der Waals surface area contributed by atoms with Gasteiger partial charge in [-0.2, -0.15) is 0 Å². The lowest BCUT2D eigenvalue weighted by Crippen LogP contribution is -2.28. The van der Waals surface area contributed by atoms with E-state index in [4.69, 9.17) is 4.74 Å². The van der Waals surface area contributed by atoms with Crippen LogP contribution in [-0.2, 0) is 16.1 Å². The van der Waals surface area contributed by atoms with Gasteiger partial charge in [-0.15, -0.1) is 0 Å². The van der Waals surface area contributed by atoms with Gasteiger partial charge in [-0.25, -0.2) is 4.79 Å². The summed E-state index contributed by atoms with van der Waals surface area (Å²) < 4.78 is 7.21. The average Bonchev–Trinajstić information content (AvgIpc) is 2.99. The van der Waals surface area contributed by atoms with E-state index in [1.54, 1.807) is 39.1 Å². The van der Waals surface area contributed by atoms with Gasteiger partial charge in [-0.05, 0) is 46.3 Å². The Morgan fingerprint density at radius 1 is 1.26 bits per heavy atom. The number of esters is 1. The molecule has 0 spiro atoms. The molecule has 0 N–H and O–H groups in total. The second-order valence-electron chi connectivity index (χ2n) is 7.23. The van der Waals surface area contributed by atoms with Gasteiger partial charge in [-0.3, -0.25) is 14.9 Å². The molecule has 8 heteroatoms. The number of aromatic nitrogens is 1. The number of amides is 1. The molecule has 31 heavy (non-hydrogen) atoms. The Labute approximate surface area is 182 Å². The molecule has 1 atom stereocenters. The van der Waals surface area contributed by atoms with Gasteiger partial charge >= 0.3 is 5.97 Å². The molecule has 2 aromatic rings. The molecule has 0 aliphatic carbocycles. The van der Waals surface area contributed by atoms with Gasteiger partial charge < -0.3 is 14.2 Å². The molecule has 1 unspecified atom stereocenters. The zero-order chi connectivity index (χ0) is 23.3. The number of nitrogens with zero attached hydrogens (tertiary/aromatic N) is 3. The van der Waals surface area contributed by atoms with Gasteiger partial charge in [0.1, 0.15) is 0 Å². The minimum atomic E-state index is -0.460. The predicted molar refractivity (Wildman–Crippen MR) is 119 cm³/mol. The van der Waals surface area contributed by atoms with E-state index in [1.165, 1.54) is 23.1 Å². The van der Waals surface area contributed by atoms with E-state index in [0.29, 0.717) is 23.2 Å². The Morgan fingerprint density at radius 2 is 1.94 bits per heavy atom. The first kappa shape index (κ1) is 23.9. The molecule has 1 aromatic heterocycles. The van der Waals surface area contributed by atoms with Crippen LogP contribution in [0.3, 0.4) is 0 Å². The van der Waals surface area contributed by atoms with E-state index >= 15 is 0 Å². The second-order valence-corrected chi connectivity index (χ2v) is 7.23. The quantitative estimate of drug-likeness (QED) is 0.269. The summed E-state index contributed by atoms with van der Waals surface area (Å²) in [6.07, 6.45) is 3.05. The van der Waals surface area contributed by atoms with Crippen molar-refractivity contribution in [3.8, 4) is 0 Å². The molecule has 8 nitrogen and oxygen atoms in total. The number of nitro groups is 1. The van der Waals surface area contributed by atoms with Crippen LogP contribution in [0.2, 0.25) is 0 Å². The van der Waals surface area contributed by atoms with Crippen LogP contribution in [0.15, 0.2) is 30.3 Å². The van der Waals surface area contributed by atoms with Crippen molar-refractivity contribution >= 4 is 23.6 Å². The third-order valence-electron chi connectivity index (χ3n) is 5.51. The number of likely N-dealkylation sites (N-methyl/N-ethyl adjacent to an activating group) is 1. The molecule has 0 radical (unpaired) electrons. The normalized spacial score (nSPS) is 12.1. The fraction of sp³-hybridized carbons (Fsp3) is 0.391. The van der Waals surface area contributed by atoms with Crippen LogP contribution in [0.1, 0.15) is 59.7 Å². The highest BCUT2D eigenvalue weighted by Gasteiger charge is 2.23. The fourth-order valence-electron chi connectivity index (χ4n) is 3.63. The molecule has 0 saturated carbocycles. The van der Waals surface area contributed by atoms with E-state index in [1.807, 2.05) is 25.3 Å². The fourth-order valence-corrected chi connectivity index (χ4v) is 3.63. The number of ether oxygens (including phenoxy) is 1. The molecule has 1 heterocycles. The summed E-state index contributed by atoms with van der Waals surface area (Å²) in [5.74, 6) is -0.698. The summed E-state index contributed by atoms with van der Waals surface area (Å²) in [6, 6.07) is 5.86. The molecule has 2 rings (SSSR count). The van der Waals surface area contributed by atoms with Crippen molar-refractivity contribution in [2.75, 3.05) is 13.7 Å². The van der Waals surface area contributed by atoms with Crippen LogP contribution in [0, 0.1) is 24.0 Å². The first-order valence-electron chi connectivity index (χ1n) is 10.2. The van der Waals surface area contributed by atoms with Crippen molar-refractivity contribution in [3.63, 3.8) is 0 Å². The number of hydrogen-bond acceptors (Lipinski definition) is 5. The van der Waals surface area contributed by atoms with Crippen LogP contribution in [0.25, 0.3) is 6.08 Å². The number of non-ortho nitro benzene ring substituents is 1. The summed E-state index contributed by atoms with van der Waals surface area (Å²) >= 11 is 0. The number of carbonyl (C=O) groups is 2. The molecule has 0 aliphatic rings. The van der Waals surface area contributed by atoms with Crippen molar-refractivity contribution in [2.45, 2.75) is 47.2 Å². The minimum Gasteiger partial charge on any atom is -0.462 e. The Bertz CT molecular complexity index is 1020. The van der Waals surface area contributed by atoms with E-state index < -0.39 is 10.9 Å². The summed E-state index contributed by atoms with van der Waals surface area (Å²) in [4.78, 5) is 37.4. The average molecular weight is 428 g/mol. The molecule has 1 amide bonds. The van der Waals surface area contributed by atoms with E-state index in [0.717, 1.165) is 11.4 Å². The maximum atomic E-state index is 12.8. The molecule has 0 fully saturated rings. The maximum absolute atomic E-state index is 12.8. The van der Waals surface area contributed by atoms with Crippen LogP contribution in [0.4, 0.5) is 5.69 Å². The molecule has 0 aliphatic heterocycles. The standard InChI is InChI=1S/C23H29N3O5/c1-7-25-16(4)20(22(17(25)5)23(28)31-8-2)12-13-21(27)24(6)15(3)18-10-9-11-19(14-18)26(29)30/h9-15H,7-8H2,1-6H3/b13-12+. The van der Waals surface area contributed by atoms with E-state index in [9.17, 15) is 19.7 Å². The highest BCUT2D eigenvalue weighted by molar-refractivity contribution is 5.98. The predicted octanol–water partition coefficient (Wildman–Crippen LogP) is 4.44. The topological polar surface area (TPSA) is 94.7 Å². The molecular formula is C23H29N3O5. The van der Waals surface area contributed by atoms with Gasteiger partial charge in [0.2, 0.25) is 5.91 Å². The van der Waals surface area contributed by atoms with E-state index in [2.05, 4.69) is 0 Å². The Kier molecular flexibility index (Phi) is 7.74. The third kappa shape index (κ3) is 5.02. The molecule has 1 aromatic carbocycles. The minimum absolute atomic E-state index is 0.0215. The number of benzene rings is 1. The summed E-state index contributed by atoms with van der Waals surface area (Å²) in [7, 11) is 1.64. The number of carbonyl (C=O) groups excluding carboxylic acids is 2. The van der Waals surface area contributed by atoms with Gasteiger partial charge in [0.15, 0.2) is 0 Å². The highest BCUT2D eigenvalue weighted by atomic mass is 16.6. The first-order chi connectivity index (χ1) is 14.6. The van der Waals surface area contributed by atoms with Crippen molar-refractivity contribution in [2.24, 2.45) is 0 Å². The smallest absolute Gasteiger partial charge is 0.340 e. The third-order valence-corrected chi connectivity index (χ3v) is 5.51. The van der Waals surface area contributed by atoms with Crippen molar-refractivity contribution in [1.82, 2.24) is 9.47 Å². The number of nitro benzene ring substituents is 1. The lowest BCUT2D eigenvalue weighted by Gasteiger charge is -2.24. The molecular weight excluding hydrogens is 398 g/mol. The Balaban J connectivity index is 2.33. The van der Waals surface area contributed by atoms with Crippen molar-refractivity contribution < 1.29 is 19.2 Å². The number of rotatable bonds is 8. The largest absolute Gasteiger partial charge is 0.462 e. The van der Waals surface area contributed by atoms with Crippen LogP contribution >= 0.6 is 0 Å². The number of hydrogen-bond donors (Lipinski definition) is 0. The Morgan fingerprint density at radius 3 is 2.52 bits per heavy atom. The van der Waals surface area contributed by atoms with Gasteiger partial charge in [0.25, 0.3) is 5.69 Å². The lowest BCUT2D eigenvalue weighted by atomic mass is 10.1. The van der Waals surface area contributed by atoms with Crippen LogP contribution in [-0.4, -0.2) is 39.9 Å². The van der Waals surface area contributed by atoms with Crippen molar-refractivity contribution in [3.05, 3.63) is 68.5 Å². The lowest BCUT2D eigenvalue weighted by molar-refractivity contribution is -0.384. The van der Waals surface area contributed by atoms with Gasteiger partial charge in [-0.1, -0.05) is 12.1 Å². The Hall–Kier alpha value is -3.42. The maximum Gasteiger partial charge on any atom is 0.340 e. The van der Waals surface area contributed by atoms with Crippen molar-refractivity contribution in [1.29, 1.82) is 0 Å². The van der Waals surface area contributed by atoms with Gasteiger partial charge in [0, 0.05) is 48.8 Å². The summed E-state index contributed by atoms with van der Waals surface area (Å²) in [5, 5.41) is 11.0. The zero-order valence-corrected chi connectivity index (χ0v) is 18.8. The first-order valence-corrected chi connectivity index (χ1v) is 10.2. The molecule has 0 saturated heterocycles. The summed E-state index contributed by atoms with van der Waals surface area (Å²) in [6.45, 7) is 10.3. The highest BCUT2D eigenvalue weighted by Crippen LogP contribution is 2.26. The monoisotopic (exact) mass is 427 g/mol.